The van der Waals surface area contributed by atoms with Crippen molar-refractivity contribution in [2.75, 3.05) is 6.79 Å². The summed E-state index contributed by atoms with van der Waals surface area (Å²) < 4.78 is 10.6. The van der Waals surface area contributed by atoms with Gasteiger partial charge in [0.2, 0.25) is 6.79 Å². The molecule has 1 aliphatic heterocycles. The van der Waals surface area contributed by atoms with Crippen LogP contribution in [-0.4, -0.2) is 17.6 Å². The quantitative estimate of drug-likeness (QED) is 0.730. The smallest absolute Gasteiger partial charge is 0.231 e. The highest BCUT2D eigenvalue weighted by molar-refractivity contribution is 6.05. The van der Waals surface area contributed by atoms with Crippen LogP contribution in [-0.2, 0) is 4.79 Å². The third-order valence-electron chi connectivity index (χ3n) is 3.89. The van der Waals surface area contributed by atoms with Gasteiger partial charge in [-0.2, -0.15) is 0 Å². The van der Waals surface area contributed by atoms with Crippen molar-refractivity contribution in [3.63, 3.8) is 0 Å². The van der Waals surface area contributed by atoms with Crippen molar-refractivity contribution in [1.29, 1.82) is 0 Å². The van der Waals surface area contributed by atoms with E-state index < -0.39 is 0 Å². The molecule has 1 N–H and O–H groups in total. The molecule has 2 heterocycles. The number of hydrogen-bond donors (Lipinski definition) is 1. The second kappa shape index (κ2) is 6.08. The normalized spacial score (nSPS) is 13.3. The predicted octanol–water partition coefficient (Wildman–Crippen LogP) is 4.30. The first-order valence-corrected chi connectivity index (χ1v) is 7.65. The number of benzene rings is 2. The summed E-state index contributed by atoms with van der Waals surface area (Å²) in [6.07, 6.45) is 8.60. The van der Waals surface area contributed by atoms with Crippen LogP contribution in [0.2, 0.25) is 0 Å². The van der Waals surface area contributed by atoms with E-state index >= 15 is 0 Å². The van der Waals surface area contributed by atoms with E-state index in [4.69, 9.17) is 9.47 Å². The molecule has 0 saturated heterocycles. The van der Waals surface area contributed by atoms with Gasteiger partial charge in [-0.3, -0.25) is 4.79 Å². The van der Waals surface area contributed by atoms with Gasteiger partial charge in [-0.15, -0.1) is 0 Å². The van der Waals surface area contributed by atoms with Gasteiger partial charge < -0.3 is 14.5 Å². The van der Waals surface area contributed by atoms with E-state index in [-0.39, 0.29) is 14.0 Å². The van der Waals surface area contributed by atoms with Crippen LogP contribution in [0.15, 0.2) is 60.8 Å². The zero-order valence-electron chi connectivity index (χ0n) is 13.9. The number of H-pyrrole nitrogens is 1. The summed E-state index contributed by atoms with van der Waals surface area (Å²) in [4.78, 5) is 15.2. The summed E-state index contributed by atoms with van der Waals surface area (Å²) in [5.74, 6) is 1.37. The molecule has 2 aromatic carbocycles. The van der Waals surface area contributed by atoms with E-state index in [0.717, 1.165) is 27.8 Å². The highest BCUT2D eigenvalue weighted by Crippen LogP contribution is 2.32. The van der Waals surface area contributed by atoms with Gasteiger partial charge in [0.25, 0.3) is 0 Å². The third-order valence-corrected chi connectivity index (χ3v) is 3.89. The number of ketones is 1. The third kappa shape index (κ3) is 2.82. The average molecular weight is 318 g/mol. The molecular formula is C20H16NO3. The zero-order valence-corrected chi connectivity index (χ0v) is 12.9. The first-order valence-electron chi connectivity index (χ1n) is 7.65. The monoisotopic (exact) mass is 318 g/mol. The molecule has 0 aliphatic carbocycles. The number of carbonyl (C=O) groups excluding carboxylic acids is 1. The minimum absolute atomic E-state index is 0. The maximum atomic E-state index is 12.0. The Bertz CT molecular complexity index is 972. The van der Waals surface area contributed by atoms with Crippen molar-refractivity contribution >= 4 is 28.8 Å². The number of rotatable bonds is 4. The number of carbonyl (C=O) groups is 1. The van der Waals surface area contributed by atoms with Gasteiger partial charge in [0.15, 0.2) is 17.3 Å². The fraction of sp³-hybridized carbons (Fsp3) is 0.0500. The van der Waals surface area contributed by atoms with Gasteiger partial charge >= 0.3 is 0 Å². The van der Waals surface area contributed by atoms with Gasteiger partial charge in [-0.1, -0.05) is 30.3 Å². The number of aromatic amines is 1. The lowest BCUT2D eigenvalue weighted by atomic mass is 10.1. The highest BCUT2D eigenvalue weighted by Gasteiger charge is 2.12. The molecule has 1 aromatic heterocycles. The molecule has 0 fully saturated rings. The molecule has 0 saturated carbocycles. The second-order valence-electron chi connectivity index (χ2n) is 5.47. The summed E-state index contributed by atoms with van der Waals surface area (Å²) in [5, 5.41) is 1.10. The van der Waals surface area contributed by atoms with E-state index in [9.17, 15) is 4.79 Å². The van der Waals surface area contributed by atoms with Crippen molar-refractivity contribution in [2.24, 2.45) is 0 Å². The molecule has 0 spiro atoms. The van der Waals surface area contributed by atoms with Crippen LogP contribution in [0.25, 0.3) is 23.1 Å². The topological polar surface area (TPSA) is 51.3 Å². The molecular weight excluding hydrogens is 302 g/mol. The van der Waals surface area contributed by atoms with Crippen LogP contribution >= 0.6 is 0 Å². The summed E-state index contributed by atoms with van der Waals surface area (Å²) in [5.41, 5.74) is 2.95. The minimum Gasteiger partial charge on any atom is -0.454 e. The summed E-state index contributed by atoms with van der Waals surface area (Å²) in [6, 6.07) is 13.6. The first kappa shape index (κ1) is 14.3. The molecule has 3 aromatic rings. The average Bonchev–Trinajstić information content (AvgIpc) is 3.24. The maximum Gasteiger partial charge on any atom is 0.231 e. The van der Waals surface area contributed by atoms with Crippen LogP contribution in [0.3, 0.4) is 0 Å². The van der Waals surface area contributed by atoms with Gasteiger partial charge in [-0.05, 0) is 47.6 Å². The summed E-state index contributed by atoms with van der Waals surface area (Å²) in [6.45, 7) is 0.245. The van der Waals surface area contributed by atoms with Gasteiger partial charge in [0, 0.05) is 18.5 Å². The van der Waals surface area contributed by atoms with Crippen LogP contribution in [0, 0.1) is 0 Å². The minimum atomic E-state index is -0.0713. The molecule has 119 valence electrons. The number of allylic oxidation sites excluding steroid dienone is 2. The molecule has 4 heteroatoms. The van der Waals surface area contributed by atoms with E-state index in [1.165, 1.54) is 0 Å². The van der Waals surface area contributed by atoms with Crippen molar-refractivity contribution in [3.05, 3.63) is 71.9 Å². The Balaban J connectivity index is 0.00000182. The lowest BCUT2D eigenvalue weighted by Crippen LogP contribution is -1.92. The van der Waals surface area contributed by atoms with Gasteiger partial charge in [0.1, 0.15) is 0 Å². The molecule has 1 aliphatic rings. The molecule has 0 unspecified atom stereocenters. The van der Waals surface area contributed by atoms with Crippen LogP contribution in [0.4, 0.5) is 0 Å². The summed E-state index contributed by atoms with van der Waals surface area (Å²) >= 11 is 0. The van der Waals surface area contributed by atoms with Crippen LogP contribution in [0.5, 0.6) is 11.5 Å². The SMILES string of the molecule is O=C(/C=C/c1ccc2c(c1)OCO2)/C=C/c1c[nH]c2ccccc12.[H]. The molecule has 0 amide bonds. The van der Waals surface area contributed by atoms with E-state index in [1.54, 1.807) is 18.2 Å². The van der Waals surface area contributed by atoms with Crippen molar-refractivity contribution in [2.45, 2.75) is 0 Å². The summed E-state index contributed by atoms with van der Waals surface area (Å²) in [7, 11) is 0. The molecule has 0 atom stereocenters. The highest BCUT2D eigenvalue weighted by atomic mass is 16.7. The zero-order chi connectivity index (χ0) is 16.4. The first-order chi connectivity index (χ1) is 11.8. The molecule has 24 heavy (non-hydrogen) atoms. The number of nitrogens with one attached hydrogen (secondary N) is 1. The number of ether oxygens (including phenoxy) is 2. The number of hydrogen-bond acceptors (Lipinski definition) is 3. The molecule has 1 radical (unpaired) electrons. The fourth-order valence-corrected chi connectivity index (χ4v) is 2.65. The van der Waals surface area contributed by atoms with Crippen LogP contribution < -0.4 is 9.47 Å². The Labute approximate surface area is 140 Å². The Hall–Kier alpha value is -3.27. The van der Waals surface area contributed by atoms with Crippen molar-refractivity contribution in [3.8, 4) is 11.5 Å². The number of aromatic nitrogens is 1. The Kier molecular flexibility index (Phi) is 3.63. The van der Waals surface area contributed by atoms with Gasteiger partial charge in [0.05, 0.1) is 0 Å². The number of para-hydroxylation sites is 1. The maximum absolute atomic E-state index is 12.0. The molecule has 0 bridgehead atoms. The molecule has 4 rings (SSSR count). The molecule has 4 nitrogen and oxygen atoms in total. The number of fused-ring (bicyclic) bond motifs is 2. The van der Waals surface area contributed by atoms with Crippen molar-refractivity contribution in [1.82, 2.24) is 4.98 Å². The van der Waals surface area contributed by atoms with Crippen molar-refractivity contribution < 1.29 is 15.7 Å². The Morgan fingerprint density at radius 2 is 1.88 bits per heavy atom. The lowest BCUT2D eigenvalue weighted by molar-refractivity contribution is -0.110. The van der Waals surface area contributed by atoms with Gasteiger partial charge in [-0.25, -0.2) is 0 Å². The fourth-order valence-electron chi connectivity index (χ4n) is 2.65. The standard InChI is InChI=1S/C20H15NO3.H/c22-16(8-5-14-6-10-19-20(11-14)24-13-23-19)9-7-15-12-21-18-4-2-1-3-17(15)18;/h1-12,21H,13H2;/b8-5+,9-7+;. The Morgan fingerprint density at radius 3 is 2.83 bits per heavy atom. The van der Waals surface area contributed by atoms with E-state index in [1.807, 2.05) is 54.7 Å². The predicted molar refractivity (Wildman–Crippen MR) is 95.1 cm³/mol. The Morgan fingerprint density at radius 1 is 1.04 bits per heavy atom. The van der Waals surface area contributed by atoms with E-state index in [0.29, 0.717) is 5.75 Å². The lowest BCUT2D eigenvalue weighted by Gasteiger charge is -1.97. The van der Waals surface area contributed by atoms with E-state index in [2.05, 4.69) is 4.98 Å². The second-order valence-corrected chi connectivity index (χ2v) is 5.47. The van der Waals surface area contributed by atoms with Crippen LogP contribution in [0.1, 0.15) is 12.6 Å². The largest absolute Gasteiger partial charge is 0.454 e.